The summed E-state index contributed by atoms with van der Waals surface area (Å²) in [6, 6.07) is 13.6. The first kappa shape index (κ1) is 17.2. The molecule has 0 spiro atoms. The summed E-state index contributed by atoms with van der Waals surface area (Å²) in [4.78, 5) is 12.3. The van der Waals surface area contributed by atoms with Gasteiger partial charge in [-0.3, -0.25) is 4.79 Å². The molecule has 0 saturated heterocycles. The van der Waals surface area contributed by atoms with Crippen molar-refractivity contribution in [1.82, 2.24) is 0 Å². The lowest BCUT2D eigenvalue weighted by Gasteiger charge is -2.13. The number of esters is 1. The van der Waals surface area contributed by atoms with E-state index in [2.05, 4.69) is 12.2 Å². The Labute approximate surface area is 141 Å². The minimum Gasteiger partial charge on any atom is -0.497 e. The van der Waals surface area contributed by atoms with Gasteiger partial charge in [0.05, 0.1) is 12.8 Å². The van der Waals surface area contributed by atoms with E-state index in [0.29, 0.717) is 12.3 Å². The van der Waals surface area contributed by atoms with Gasteiger partial charge in [0.2, 0.25) is 0 Å². The zero-order valence-electron chi connectivity index (χ0n) is 13.6. The second-order valence-electron chi connectivity index (χ2n) is 4.89. The molecule has 0 fully saturated rings. The van der Waals surface area contributed by atoms with E-state index >= 15 is 0 Å². The lowest BCUT2D eigenvalue weighted by Crippen LogP contribution is -2.04. The molecule has 0 aliphatic rings. The molecule has 23 heavy (non-hydrogen) atoms. The number of carbonyl (C=O) groups is 1. The third-order valence-corrected chi connectivity index (χ3v) is 4.11. The van der Waals surface area contributed by atoms with E-state index in [0.717, 1.165) is 27.6 Å². The molecule has 0 unspecified atom stereocenters. The Kier molecular flexibility index (Phi) is 6.35. The number of hydrogen-bond acceptors (Lipinski definition) is 5. The highest BCUT2D eigenvalue weighted by Crippen LogP contribution is 2.31. The molecule has 5 heteroatoms. The second-order valence-corrected chi connectivity index (χ2v) is 6.19. The largest absolute Gasteiger partial charge is 0.497 e. The van der Waals surface area contributed by atoms with Gasteiger partial charge >= 0.3 is 5.97 Å². The number of rotatable bonds is 7. The number of ether oxygens (including phenoxy) is 2. The molecule has 0 aromatic heterocycles. The average Bonchev–Trinajstić information content (AvgIpc) is 2.55. The Morgan fingerprint density at radius 3 is 2.43 bits per heavy atom. The van der Waals surface area contributed by atoms with E-state index in [1.54, 1.807) is 18.9 Å². The van der Waals surface area contributed by atoms with Crippen LogP contribution in [0.3, 0.4) is 0 Å². The fourth-order valence-electron chi connectivity index (χ4n) is 2.10. The standard InChI is InChI=1S/C18H21NO3S/c1-4-23-18-10-9-16(22-13(2)20)11-17(18)19-12-14-5-7-15(21-3)8-6-14/h5-11,19H,4,12H2,1-3H3. The van der Waals surface area contributed by atoms with E-state index in [-0.39, 0.29) is 5.97 Å². The zero-order chi connectivity index (χ0) is 16.7. The summed E-state index contributed by atoms with van der Waals surface area (Å²) in [5, 5.41) is 3.41. The highest BCUT2D eigenvalue weighted by molar-refractivity contribution is 7.99. The van der Waals surface area contributed by atoms with Gasteiger partial charge in [-0.15, -0.1) is 11.8 Å². The van der Waals surface area contributed by atoms with E-state index in [1.807, 2.05) is 42.5 Å². The normalized spacial score (nSPS) is 10.2. The highest BCUT2D eigenvalue weighted by atomic mass is 32.2. The smallest absolute Gasteiger partial charge is 0.308 e. The predicted molar refractivity (Wildman–Crippen MR) is 94.5 cm³/mol. The summed E-state index contributed by atoms with van der Waals surface area (Å²) in [5.74, 6) is 2.05. The van der Waals surface area contributed by atoms with Crippen LogP contribution in [-0.4, -0.2) is 18.8 Å². The van der Waals surface area contributed by atoms with Gasteiger partial charge in [0.25, 0.3) is 0 Å². The number of methoxy groups -OCH3 is 1. The van der Waals surface area contributed by atoms with Crippen LogP contribution in [0.4, 0.5) is 5.69 Å². The van der Waals surface area contributed by atoms with Crippen LogP contribution in [0.5, 0.6) is 11.5 Å². The van der Waals surface area contributed by atoms with Crippen molar-refractivity contribution < 1.29 is 14.3 Å². The first-order chi connectivity index (χ1) is 11.1. The summed E-state index contributed by atoms with van der Waals surface area (Å²) in [6.45, 7) is 4.20. The van der Waals surface area contributed by atoms with Crippen molar-refractivity contribution in [2.45, 2.75) is 25.3 Å². The number of carbonyl (C=O) groups excluding carboxylic acids is 1. The number of benzene rings is 2. The first-order valence-electron chi connectivity index (χ1n) is 7.44. The number of thioether (sulfide) groups is 1. The zero-order valence-corrected chi connectivity index (χ0v) is 14.4. The van der Waals surface area contributed by atoms with Crippen molar-refractivity contribution >= 4 is 23.4 Å². The molecule has 122 valence electrons. The molecule has 0 aliphatic heterocycles. The topological polar surface area (TPSA) is 47.6 Å². The van der Waals surface area contributed by atoms with Gasteiger partial charge in [0.1, 0.15) is 11.5 Å². The molecule has 0 atom stereocenters. The third kappa shape index (κ3) is 5.21. The number of nitrogens with one attached hydrogen (secondary N) is 1. The molecule has 2 aromatic carbocycles. The fourth-order valence-corrected chi connectivity index (χ4v) is 2.86. The average molecular weight is 331 g/mol. The van der Waals surface area contributed by atoms with Crippen LogP contribution >= 0.6 is 11.8 Å². The molecule has 1 N–H and O–H groups in total. The molecular weight excluding hydrogens is 310 g/mol. The predicted octanol–water partition coefficient (Wildman–Crippen LogP) is 4.34. The summed E-state index contributed by atoms with van der Waals surface area (Å²) in [7, 11) is 1.65. The fraction of sp³-hybridized carbons (Fsp3) is 0.278. The Balaban J connectivity index is 2.12. The Bertz CT molecular complexity index is 656. The highest BCUT2D eigenvalue weighted by Gasteiger charge is 2.07. The van der Waals surface area contributed by atoms with Crippen LogP contribution in [0, 0.1) is 0 Å². The van der Waals surface area contributed by atoms with Crippen LogP contribution in [0.15, 0.2) is 47.4 Å². The SMILES string of the molecule is CCSc1ccc(OC(C)=O)cc1NCc1ccc(OC)cc1. The quantitative estimate of drug-likeness (QED) is 0.464. The van der Waals surface area contributed by atoms with Gasteiger partial charge < -0.3 is 14.8 Å². The van der Waals surface area contributed by atoms with Crippen LogP contribution in [0.1, 0.15) is 19.4 Å². The van der Waals surface area contributed by atoms with Crippen LogP contribution in [0.2, 0.25) is 0 Å². The maximum atomic E-state index is 11.1. The van der Waals surface area contributed by atoms with Crippen molar-refractivity contribution in [2.75, 3.05) is 18.2 Å². The van der Waals surface area contributed by atoms with Gasteiger partial charge in [0, 0.05) is 24.4 Å². The Hall–Kier alpha value is -2.14. The molecule has 0 amide bonds. The van der Waals surface area contributed by atoms with Gasteiger partial charge in [-0.2, -0.15) is 0 Å². The summed E-state index contributed by atoms with van der Waals surface area (Å²) < 4.78 is 10.3. The van der Waals surface area contributed by atoms with E-state index in [1.165, 1.54) is 6.92 Å². The lowest BCUT2D eigenvalue weighted by atomic mass is 10.2. The molecular formula is C18H21NO3S. The molecule has 4 nitrogen and oxygen atoms in total. The van der Waals surface area contributed by atoms with Gasteiger partial charge in [0.15, 0.2) is 0 Å². The summed E-state index contributed by atoms with van der Waals surface area (Å²) in [6.07, 6.45) is 0. The van der Waals surface area contributed by atoms with E-state index in [9.17, 15) is 4.79 Å². The van der Waals surface area contributed by atoms with Crippen molar-refractivity contribution in [1.29, 1.82) is 0 Å². The Morgan fingerprint density at radius 2 is 1.83 bits per heavy atom. The molecule has 0 saturated carbocycles. The molecule has 0 aliphatic carbocycles. The second kappa shape index (κ2) is 8.48. The molecule has 0 bridgehead atoms. The summed E-state index contributed by atoms with van der Waals surface area (Å²) in [5.41, 5.74) is 2.11. The van der Waals surface area contributed by atoms with E-state index < -0.39 is 0 Å². The van der Waals surface area contributed by atoms with Gasteiger partial charge in [-0.25, -0.2) is 0 Å². The van der Waals surface area contributed by atoms with Crippen LogP contribution < -0.4 is 14.8 Å². The third-order valence-electron chi connectivity index (χ3n) is 3.15. The number of hydrogen-bond donors (Lipinski definition) is 1. The van der Waals surface area contributed by atoms with Crippen LogP contribution in [0.25, 0.3) is 0 Å². The van der Waals surface area contributed by atoms with E-state index in [4.69, 9.17) is 9.47 Å². The van der Waals surface area contributed by atoms with Crippen molar-refractivity contribution in [3.05, 3.63) is 48.0 Å². The molecule has 2 aromatic rings. The van der Waals surface area contributed by atoms with Crippen molar-refractivity contribution in [2.24, 2.45) is 0 Å². The first-order valence-corrected chi connectivity index (χ1v) is 8.43. The lowest BCUT2D eigenvalue weighted by molar-refractivity contribution is -0.131. The molecule has 0 heterocycles. The monoisotopic (exact) mass is 331 g/mol. The van der Waals surface area contributed by atoms with Gasteiger partial charge in [-0.05, 0) is 35.6 Å². The van der Waals surface area contributed by atoms with Crippen molar-refractivity contribution in [3.63, 3.8) is 0 Å². The molecule has 2 rings (SSSR count). The van der Waals surface area contributed by atoms with Gasteiger partial charge in [-0.1, -0.05) is 19.1 Å². The number of anilines is 1. The van der Waals surface area contributed by atoms with Crippen molar-refractivity contribution in [3.8, 4) is 11.5 Å². The maximum absolute atomic E-state index is 11.1. The minimum absolute atomic E-state index is 0.318. The summed E-state index contributed by atoms with van der Waals surface area (Å²) >= 11 is 1.75. The molecule has 0 radical (unpaired) electrons. The maximum Gasteiger partial charge on any atom is 0.308 e. The minimum atomic E-state index is -0.318. The Morgan fingerprint density at radius 1 is 1.13 bits per heavy atom. The van der Waals surface area contributed by atoms with Crippen LogP contribution in [-0.2, 0) is 11.3 Å².